The van der Waals surface area contributed by atoms with Gasteiger partial charge in [-0.1, -0.05) is 24.3 Å². The second-order valence-electron chi connectivity index (χ2n) is 4.90. The van der Waals surface area contributed by atoms with Gasteiger partial charge in [-0.05, 0) is 30.7 Å². The Labute approximate surface area is 122 Å². The number of nitrogen functional groups attached to an aromatic ring is 1. The van der Waals surface area contributed by atoms with Gasteiger partial charge in [-0.2, -0.15) is 5.26 Å². The van der Waals surface area contributed by atoms with E-state index in [1.165, 1.54) is 0 Å². The Balaban J connectivity index is 2.20. The van der Waals surface area contributed by atoms with E-state index in [9.17, 15) is 5.26 Å². The maximum Gasteiger partial charge on any atom is 0.103 e. The van der Waals surface area contributed by atoms with Gasteiger partial charge in [0.15, 0.2) is 0 Å². The Kier molecular flexibility index (Phi) is 3.17. The van der Waals surface area contributed by atoms with E-state index in [4.69, 9.17) is 5.73 Å². The number of nitrogens with two attached hydrogens (primary N) is 1. The van der Waals surface area contributed by atoms with Gasteiger partial charge in [0.2, 0.25) is 0 Å². The lowest BCUT2D eigenvalue weighted by Gasteiger charge is -2.12. The van der Waals surface area contributed by atoms with Crippen molar-refractivity contribution >= 4 is 28.0 Å². The molecular weight excluding hydrogens is 260 g/mol. The zero-order valence-electron chi connectivity index (χ0n) is 11.6. The number of para-hydroxylation sites is 1. The quantitative estimate of drug-likeness (QED) is 0.698. The summed E-state index contributed by atoms with van der Waals surface area (Å²) in [5, 5.41) is 13.5. The number of anilines is 3. The molecule has 0 spiro atoms. The maximum absolute atomic E-state index is 9.32. The molecule has 0 saturated carbocycles. The van der Waals surface area contributed by atoms with Crippen LogP contribution in [0, 0.1) is 18.3 Å². The third kappa shape index (κ3) is 2.37. The standard InChI is InChI=1S/C17H14N4/c1-11-4-2-5-13(8-11)21-16-12(9-18)10-20-17-14(16)6-3-7-15(17)19/h2-8,10H,19H2,1H3,(H,20,21). The SMILES string of the molecule is Cc1cccc(Nc2c(C#N)cnc3c(N)cccc23)c1. The van der Waals surface area contributed by atoms with Gasteiger partial charge in [-0.25, -0.2) is 0 Å². The number of hydrogen-bond acceptors (Lipinski definition) is 4. The van der Waals surface area contributed by atoms with Crippen LogP contribution in [0.2, 0.25) is 0 Å². The fourth-order valence-corrected chi connectivity index (χ4v) is 2.33. The smallest absolute Gasteiger partial charge is 0.103 e. The van der Waals surface area contributed by atoms with Crippen molar-refractivity contribution in [3.05, 3.63) is 59.8 Å². The summed E-state index contributed by atoms with van der Waals surface area (Å²) in [6.45, 7) is 2.03. The summed E-state index contributed by atoms with van der Waals surface area (Å²) >= 11 is 0. The molecule has 0 radical (unpaired) electrons. The topological polar surface area (TPSA) is 74.7 Å². The summed E-state index contributed by atoms with van der Waals surface area (Å²) in [5.74, 6) is 0. The van der Waals surface area contributed by atoms with Gasteiger partial charge in [0.05, 0.1) is 22.5 Å². The van der Waals surface area contributed by atoms with E-state index >= 15 is 0 Å². The van der Waals surface area contributed by atoms with Crippen LogP contribution in [-0.2, 0) is 0 Å². The first-order valence-corrected chi connectivity index (χ1v) is 6.60. The molecule has 0 amide bonds. The van der Waals surface area contributed by atoms with Crippen LogP contribution >= 0.6 is 0 Å². The van der Waals surface area contributed by atoms with Gasteiger partial charge in [0.1, 0.15) is 6.07 Å². The summed E-state index contributed by atoms with van der Waals surface area (Å²) < 4.78 is 0. The van der Waals surface area contributed by atoms with Crippen LogP contribution in [0.15, 0.2) is 48.7 Å². The fourth-order valence-electron chi connectivity index (χ4n) is 2.33. The van der Waals surface area contributed by atoms with Crippen LogP contribution in [0.1, 0.15) is 11.1 Å². The van der Waals surface area contributed by atoms with E-state index < -0.39 is 0 Å². The minimum atomic E-state index is 0.495. The molecule has 3 rings (SSSR count). The van der Waals surface area contributed by atoms with Gasteiger partial charge in [0, 0.05) is 17.3 Å². The predicted molar refractivity (Wildman–Crippen MR) is 85.3 cm³/mol. The molecule has 1 heterocycles. The minimum Gasteiger partial charge on any atom is -0.397 e. The first kappa shape index (κ1) is 12.9. The molecule has 0 aliphatic heterocycles. The Hall–Kier alpha value is -3.06. The molecule has 0 fully saturated rings. The number of hydrogen-bond donors (Lipinski definition) is 2. The van der Waals surface area contributed by atoms with Crippen LogP contribution in [0.25, 0.3) is 10.9 Å². The molecule has 102 valence electrons. The molecular formula is C17H14N4. The molecule has 2 aromatic carbocycles. The van der Waals surface area contributed by atoms with Gasteiger partial charge < -0.3 is 11.1 Å². The molecule has 3 N–H and O–H groups in total. The van der Waals surface area contributed by atoms with Crippen molar-refractivity contribution in [2.24, 2.45) is 0 Å². The summed E-state index contributed by atoms with van der Waals surface area (Å²) in [6.07, 6.45) is 1.55. The highest BCUT2D eigenvalue weighted by atomic mass is 14.9. The maximum atomic E-state index is 9.32. The van der Waals surface area contributed by atoms with E-state index in [1.54, 1.807) is 12.3 Å². The Bertz CT molecular complexity index is 862. The van der Waals surface area contributed by atoms with Crippen LogP contribution in [0.4, 0.5) is 17.1 Å². The van der Waals surface area contributed by atoms with E-state index in [2.05, 4.69) is 16.4 Å². The zero-order valence-corrected chi connectivity index (χ0v) is 11.6. The van der Waals surface area contributed by atoms with Crippen molar-refractivity contribution in [1.29, 1.82) is 5.26 Å². The Morgan fingerprint density at radius 2 is 2.00 bits per heavy atom. The number of aromatic nitrogens is 1. The number of aryl methyl sites for hydroxylation is 1. The van der Waals surface area contributed by atoms with Crippen LogP contribution < -0.4 is 11.1 Å². The third-order valence-electron chi connectivity index (χ3n) is 3.34. The first-order chi connectivity index (χ1) is 10.2. The number of benzene rings is 2. The summed E-state index contributed by atoms with van der Waals surface area (Å²) in [5.41, 5.74) is 10.6. The van der Waals surface area contributed by atoms with Crippen LogP contribution in [-0.4, -0.2) is 4.98 Å². The molecule has 0 aliphatic rings. The van der Waals surface area contributed by atoms with E-state index in [1.807, 2.05) is 43.3 Å². The lowest BCUT2D eigenvalue weighted by Crippen LogP contribution is -1.98. The average Bonchev–Trinajstić information content (AvgIpc) is 2.48. The fraction of sp³-hybridized carbons (Fsp3) is 0.0588. The molecule has 0 atom stereocenters. The second kappa shape index (κ2) is 5.14. The molecule has 0 bridgehead atoms. The van der Waals surface area contributed by atoms with E-state index in [0.717, 1.165) is 22.3 Å². The van der Waals surface area contributed by atoms with Crippen molar-refractivity contribution in [3.8, 4) is 6.07 Å². The highest BCUT2D eigenvalue weighted by Crippen LogP contribution is 2.31. The first-order valence-electron chi connectivity index (χ1n) is 6.60. The van der Waals surface area contributed by atoms with Gasteiger partial charge >= 0.3 is 0 Å². The predicted octanol–water partition coefficient (Wildman–Crippen LogP) is 3.74. The van der Waals surface area contributed by atoms with E-state index in [0.29, 0.717) is 16.8 Å². The Morgan fingerprint density at radius 3 is 2.76 bits per heavy atom. The molecule has 1 aromatic heterocycles. The Morgan fingerprint density at radius 1 is 1.19 bits per heavy atom. The van der Waals surface area contributed by atoms with Crippen molar-refractivity contribution < 1.29 is 0 Å². The highest BCUT2D eigenvalue weighted by molar-refractivity contribution is 6.00. The van der Waals surface area contributed by atoms with Crippen LogP contribution in [0.3, 0.4) is 0 Å². The van der Waals surface area contributed by atoms with Crippen molar-refractivity contribution in [3.63, 3.8) is 0 Å². The number of rotatable bonds is 2. The third-order valence-corrected chi connectivity index (χ3v) is 3.34. The molecule has 4 heteroatoms. The van der Waals surface area contributed by atoms with Gasteiger partial charge in [-0.15, -0.1) is 0 Å². The van der Waals surface area contributed by atoms with Crippen molar-refractivity contribution in [1.82, 2.24) is 4.98 Å². The minimum absolute atomic E-state index is 0.495. The monoisotopic (exact) mass is 274 g/mol. The number of nitrogens with zero attached hydrogens (tertiary/aromatic N) is 2. The van der Waals surface area contributed by atoms with Crippen molar-refractivity contribution in [2.45, 2.75) is 6.92 Å². The number of fused-ring (bicyclic) bond motifs is 1. The molecule has 0 aliphatic carbocycles. The van der Waals surface area contributed by atoms with Crippen LogP contribution in [0.5, 0.6) is 0 Å². The lowest BCUT2D eigenvalue weighted by atomic mass is 10.1. The van der Waals surface area contributed by atoms with Gasteiger partial charge in [-0.3, -0.25) is 4.98 Å². The summed E-state index contributed by atoms with van der Waals surface area (Å²) in [7, 11) is 0. The zero-order chi connectivity index (χ0) is 14.8. The molecule has 21 heavy (non-hydrogen) atoms. The number of nitriles is 1. The summed E-state index contributed by atoms with van der Waals surface area (Å²) in [6, 6.07) is 15.7. The molecule has 0 saturated heterocycles. The number of pyridine rings is 1. The second-order valence-corrected chi connectivity index (χ2v) is 4.90. The lowest BCUT2D eigenvalue weighted by molar-refractivity contribution is 1.36. The molecule has 3 aromatic rings. The average molecular weight is 274 g/mol. The molecule has 4 nitrogen and oxygen atoms in total. The molecule has 0 unspecified atom stereocenters. The van der Waals surface area contributed by atoms with Crippen molar-refractivity contribution in [2.75, 3.05) is 11.1 Å². The van der Waals surface area contributed by atoms with E-state index in [-0.39, 0.29) is 0 Å². The normalized spacial score (nSPS) is 10.3. The highest BCUT2D eigenvalue weighted by Gasteiger charge is 2.10. The largest absolute Gasteiger partial charge is 0.397 e. The van der Waals surface area contributed by atoms with Gasteiger partial charge in [0.25, 0.3) is 0 Å². The summed E-state index contributed by atoms with van der Waals surface area (Å²) in [4.78, 5) is 4.28. The number of nitrogens with one attached hydrogen (secondary N) is 1.